The van der Waals surface area contributed by atoms with Gasteiger partial charge < -0.3 is 9.64 Å². The number of benzene rings is 1. The van der Waals surface area contributed by atoms with E-state index in [2.05, 4.69) is 15.9 Å². The number of carbonyl (C=O) groups is 3. The number of imide groups is 1. The maximum atomic E-state index is 13.2. The second kappa shape index (κ2) is 8.14. The van der Waals surface area contributed by atoms with Crippen molar-refractivity contribution in [2.45, 2.75) is 31.4 Å². The highest BCUT2D eigenvalue weighted by molar-refractivity contribution is 9.10. The Bertz CT molecular complexity index is 878. The summed E-state index contributed by atoms with van der Waals surface area (Å²) in [4.78, 5) is 42.2. The van der Waals surface area contributed by atoms with Crippen molar-refractivity contribution in [3.63, 3.8) is 0 Å². The first kappa shape index (κ1) is 19.3. The summed E-state index contributed by atoms with van der Waals surface area (Å²) in [7, 11) is 0. The van der Waals surface area contributed by atoms with Gasteiger partial charge in [-0.2, -0.15) is 0 Å². The summed E-state index contributed by atoms with van der Waals surface area (Å²) in [6.45, 7) is 0.975. The molecule has 0 aliphatic carbocycles. The quantitative estimate of drug-likeness (QED) is 0.638. The van der Waals surface area contributed by atoms with Crippen LogP contribution in [0, 0.1) is 0 Å². The van der Waals surface area contributed by atoms with E-state index >= 15 is 0 Å². The van der Waals surface area contributed by atoms with Gasteiger partial charge in [0.25, 0.3) is 11.8 Å². The van der Waals surface area contributed by atoms with Gasteiger partial charge in [0, 0.05) is 17.6 Å². The molecular weight excluding hydrogens is 444 g/mol. The lowest BCUT2D eigenvalue weighted by Crippen LogP contribution is -2.48. The molecule has 1 aromatic carbocycles. The van der Waals surface area contributed by atoms with Gasteiger partial charge in [-0.15, -0.1) is 11.3 Å². The van der Waals surface area contributed by atoms with Crippen LogP contribution in [0.25, 0.3) is 0 Å². The molecule has 2 aliphatic heterocycles. The Morgan fingerprint density at radius 3 is 2.68 bits per heavy atom. The molecule has 2 unspecified atom stereocenters. The van der Waals surface area contributed by atoms with E-state index in [4.69, 9.17) is 4.74 Å². The molecule has 6 nitrogen and oxygen atoms in total. The third-order valence-corrected chi connectivity index (χ3v) is 6.39. The van der Waals surface area contributed by atoms with E-state index in [1.807, 2.05) is 5.38 Å². The van der Waals surface area contributed by atoms with Gasteiger partial charge >= 0.3 is 0 Å². The Hall–Kier alpha value is -2.03. The van der Waals surface area contributed by atoms with Gasteiger partial charge in [-0.3, -0.25) is 14.4 Å². The summed E-state index contributed by atoms with van der Waals surface area (Å²) in [5.74, 6) is -0.891. The maximum Gasteiger partial charge on any atom is 0.264 e. The van der Waals surface area contributed by atoms with Gasteiger partial charge in [-0.25, -0.2) is 4.90 Å². The highest BCUT2D eigenvalue weighted by atomic mass is 79.9. The molecule has 0 spiro atoms. The molecule has 0 N–H and O–H groups in total. The van der Waals surface area contributed by atoms with Gasteiger partial charge in [-0.05, 0) is 48.6 Å². The molecule has 0 saturated carbocycles. The number of hydrogen-bond acceptors (Lipinski definition) is 5. The Morgan fingerprint density at radius 2 is 2.04 bits per heavy atom. The second-order valence-electron chi connectivity index (χ2n) is 6.83. The highest BCUT2D eigenvalue weighted by Gasteiger charge is 2.45. The molecule has 2 aromatic rings. The van der Waals surface area contributed by atoms with Gasteiger partial charge in [0.15, 0.2) is 0 Å². The number of halogens is 1. The predicted octanol–water partition coefficient (Wildman–Crippen LogP) is 3.46. The molecule has 1 aromatic heterocycles. The van der Waals surface area contributed by atoms with E-state index < -0.39 is 6.04 Å². The number of anilines is 1. The number of amides is 3. The van der Waals surface area contributed by atoms with Crippen LogP contribution in [0.1, 0.15) is 28.9 Å². The molecule has 0 radical (unpaired) electrons. The SMILES string of the molecule is O=C1CC(N(CC2CCCO2)C(=O)c2cccs2)C(=O)N1c1ccc(Br)cc1. The van der Waals surface area contributed by atoms with Crippen LogP contribution in [0.2, 0.25) is 0 Å². The Balaban J connectivity index is 1.61. The van der Waals surface area contributed by atoms with Crippen LogP contribution in [-0.4, -0.2) is 47.9 Å². The lowest BCUT2D eigenvalue weighted by Gasteiger charge is -2.29. The number of nitrogens with zero attached hydrogens (tertiary/aromatic N) is 2. The fourth-order valence-electron chi connectivity index (χ4n) is 3.62. The van der Waals surface area contributed by atoms with Crippen LogP contribution < -0.4 is 4.90 Å². The first-order valence-electron chi connectivity index (χ1n) is 9.13. The second-order valence-corrected chi connectivity index (χ2v) is 8.70. The molecule has 3 amide bonds. The molecule has 0 bridgehead atoms. The summed E-state index contributed by atoms with van der Waals surface area (Å²) in [6, 6.07) is 9.73. The molecule has 28 heavy (non-hydrogen) atoms. The Labute approximate surface area is 175 Å². The third-order valence-electron chi connectivity index (χ3n) is 5.00. The molecule has 2 fully saturated rings. The predicted molar refractivity (Wildman–Crippen MR) is 109 cm³/mol. The standard InChI is InChI=1S/C20H19BrN2O4S/c21-13-5-7-14(8-6-13)23-18(24)11-16(19(23)25)22(12-15-3-1-9-27-15)20(26)17-4-2-10-28-17/h2,4-8,10,15-16H,1,3,9,11-12H2. The van der Waals surface area contributed by atoms with Crippen LogP contribution in [0.15, 0.2) is 46.3 Å². The summed E-state index contributed by atoms with van der Waals surface area (Å²) >= 11 is 4.69. The van der Waals surface area contributed by atoms with Crippen molar-refractivity contribution >= 4 is 50.7 Å². The molecule has 2 saturated heterocycles. The van der Waals surface area contributed by atoms with Crippen LogP contribution in [0.3, 0.4) is 0 Å². The zero-order valence-electron chi connectivity index (χ0n) is 15.0. The number of ether oxygens (including phenoxy) is 1. The summed E-state index contributed by atoms with van der Waals surface area (Å²) in [5.41, 5.74) is 0.515. The molecule has 2 aliphatic rings. The van der Waals surface area contributed by atoms with Gasteiger partial charge in [0.05, 0.1) is 23.1 Å². The van der Waals surface area contributed by atoms with Gasteiger partial charge in [0.2, 0.25) is 5.91 Å². The summed E-state index contributed by atoms with van der Waals surface area (Å²) < 4.78 is 6.55. The lowest BCUT2D eigenvalue weighted by molar-refractivity contribution is -0.122. The minimum atomic E-state index is -0.810. The van der Waals surface area contributed by atoms with Crippen LogP contribution in [0.4, 0.5) is 5.69 Å². The maximum absolute atomic E-state index is 13.2. The normalized spacial score (nSPS) is 22.1. The van der Waals surface area contributed by atoms with Crippen LogP contribution in [-0.2, 0) is 14.3 Å². The first-order chi connectivity index (χ1) is 13.5. The minimum Gasteiger partial charge on any atom is -0.376 e. The van der Waals surface area contributed by atoms with Crippen molar-refractivity contribution in [3.05, 3.63) is 51.1 Å². The van der Waals surface area contributed by atoms with Gasteiger partial charge in [0.1, 0.15) is 6.04 Å². The van der Waals surface area contributed by atoms with Crippen molar-refractivity contribution in [1.82, 2.24) is 4.90 Å². The Morgan fingerprint density at radius 1 is 1.25 bits per heavy atom. The molecule has 3 heterocycles. The fraction of sp³-hybridized carbons (Fsp3) is 0.350. The average molecular weight is 463 g/mol. The van der Waals surface area contributed by atoms with E-state index in [-0.39, 0.29) is 30.2 Å². The van der Waals surface area contributed by atoms with Crippen LogP contribution in [0.5, 0.6) is 0 Å². The minimum absolute atomic E-state index is 0.0151. The highest BCUT2D eigenvalue weighted by Crippen LogP contribution is 2.29. The molecule has 2 atom stereocenters. The van der Waals surface area contributed by atoms with Gasteiger partial charge in [-0.1, -0.05) is 22.0 Å². The zero-order chi connectivity index (χ0) is 19.7. The van der Waals surface area contributed by atoms with E-state index in [0.29, 0.717) is 23.7 Å². The van der Waals surface area contributed by atoms with E-state index in [9.17, 15) is 14.4 Å². The largest absolute Gasteiger partial charge is 0.376 e. The van der Waals surface area contributed by atoms with E-state index in [0.717, 1.165) is 17.3 Å². The smallest absolute Gasteiger partial charge is 0.264 e. The van der Waals surface area contributed by atoms with Crippen molar-refractivity contribution in [2.24, 2.45) is 0 Å². The average Bonchev–Trinajstić information content (AvgIpc) is 3.43. The topological polar surface area (TPSA) is 66.9 Å². The van der Waals surface area contributed by atoms with Crippen molar-refractivity contribution in [1.29, 1.82) is 0 Å². The van der Waals surface area contributed by atoms with Crippen molar-refractivity contribution in [3.8, 4) is 0 Å². The van der Waals surface area contributed by atoms with Crippen molar-refractivity contribution in [2.75, 3.05) is 18.1 Å². The lowest BCUT2D eigenvalue weighted by atomic mass is 10.1. The van der Waals surface area contributed by atoms with E-state index in [1.165, 1.54) is 21.1 Å². The van der Waals surface area contributed by atoms with E-state index in [1.54, 1.807) is 36.4 Å². The summed E-state index contributed by atoms with van der Waals surface area (Å²) in [5, 5.41) is 1.83. The summed E-state index contributed by atoms with van der Waals surface area (Å²) in [6.07, 6.45) is 1.67. The molecule has 4 rings (SSSR count). The van der Waals surface area contributed by atoms with Crippen LogP contribution >= 0.6 is 27.3 Å². The number of carbonyl (C=O) groups excluding carboxylic acids is 3. The molecule has 146 valence electrons. The first-order valence-corrected chi connectivity index (χ1v) is 10.8. The number of thiophene rings is 1. The Kier molecular flexibility index (Phi) is 5.61. The van der Waals surface area contributed by atoms with Crippen molar-refractivity contribution < 1.29 is 19.1 Å². The number of rotatable bonds is 5. The molecular formula is C20H19BrN2O4S. The zero-order valence-corrected chi connectivity index (χ0v) is 17.4. The fourth-order valence-corrected chi connectivity index (χ4v) is 4.57. The number of hydrogen-bond donors (Lipinski definition) is 0. The molecule has 8 heteroatoms. The monoisotopic (exact) mass is 462 g/mol. The third kappa shape index (κ3) is 3.76.